The summed E-state index contributed by atoms with van der Waals surface area (Å²) in [5.41, 5.74) is 4.46. The zero-order valence-electron chi connectivity index (χ0n) is 29.2. The van der Waals surface area contributed by atoms with E-state index in [1.54, 1.807) is 4.90 Å². The lowest BCUT2D eigenvalue weighted by molar-refractivity contribution is -0.126. The quantitative estimate of drug-likeness (QED) is 0.287. The summed E-state index contributed by atoms with van der Waals surface area (Å²) in [6.45, 7) is 13.3. The van der Waals surface area contributed by atoms with E-state index in [0.717, 1.165) is 59.2 Å². The van der Waals surface area contributed by atoms with E-state index in [-0.39, 0.29) is 30.2 Å². The number of piperidine rings is 2. The van der Waals surface area contributed by atoms with Crippen molar-refractivity contribution in [2.24, 2.45) is 0 Å². The van der Waals surface area contributed by atoms with Crippen LogP contribution in [0.15, 0.2) is 30.6 Å². The van der Waals surface area contributed by atoms with Crippen LogP contribution < -0.4 is 9.64 Å². The lowest BCUT2D eigenvalue weighted by Gasteiger charge is -2.48. The molecule has 2 amide bonds. The first-order valence-corrected chi connectivity index (χ1v) is 18.3. The van der Waals surface area contributed by atoms with Crippen LogP contribution in [0.4, 0.5) is 10.5 Å². The molecule has 2 saturated heterocycles. The van der Waals surface area contributed by atoms with Crippen LogP contribution in [0.3, 0.4) is 0 Å². The van der Waals surface area contributed by atoms with Crippen LogP contribution in [0.1, 0.15) is 104 Å². The molecule has 48 heavy (non-hydrogen) atoms. The van der Waals surface area contributed by atoms with Gasteiger partial charge < -0.3 is 28.7 Å². The smallest absolute Gasteiger partial charge is 0.410 e. The lowest BCUT2D eigenvalue weighted by atomic mass is 9.73. The molecule has 0 unspecified atom stereocenters. The van der Waals surface area contributed by atoms with E-state index in [4.69, 9.17) is 19.4 Å². The van der Waals surface area contributed by atoms with Crippen molar-refractivity contribution in [1.29, 1.82) is 0 Å². The summed E-state index contributed by atoms with van der Waals surface area (Å²) in [5, 5.41) is 0. The molecular formula is C38H50N6O4. The number of carbonyl (C=O) groups is 2. The molecule has 5 aliphatic rings. The van der Waals surface area contributed by atoms with Gasteiger partial charge in [-0.05, 0) is 117 Å². The minimum absolute atomic E-state index is 0.174. The predicted molar refractivity (Wildman–Crippen MR) is 185 cm³/mol. The highest BCUT2D eigenvalue weighted by atomic mass is 16.6. The largest absolute Gasteiger partial charge is 0.473 e. The molecule has 1 spiro atoms. The maximum Gasteiger partial charge on any atom is 0.410 e. The number of carbonyl (C=O) groups excluding carboxylic acids is 2. The number of imidazole rings is 1. The first kappa shape index (κ1) is 31.6. The van der Waals surface area contributed by atoms with Crippen LogP contribution in [0.25, 0.3) is 22.3 Å². The van der Waals surface area contributed by atoms with Crippen LogP contribution in [0.5, 0.6) is 5.88 Å². The SMILES string of the molecule is CC(C)n1cnc2cc(-c3ccc4c(c3)N([C@H]3C[C@@H](N5CCCCC5)C3)C(=O)C43CCN(C(=O)OC(C)(C)C)CC3)nc(OC3CC3)c21. The van der Waals surface area contributed by atoms with Crippen LogP contribution >= 0.6 is 0 Å². The second-order valence-electron chi connectivity index (χ2n) is 16.1. The standard InChI is InChI=1S/C38H50N6O4/c1-24(2)43-23-39-31-22-30(40-34(33(31)43)47-28-10-11-28)25-9-12-29-32(19-25)44(27-20-26(21-27)41-15-7-6-8-16-41)35(45)38(29)13-17-42(18-14-38)36(46)48-37(3,4)5/h9,12,19,22-24,26-28H,6-8,10-11,13-18,20-21H2,1-5H3/t26-,27+. The number of rotatable bonds is 6. The number of hydrogen-bond acceptors (Lipinski definition) is 7. The van der Waals surface area contributed by atoms with Crippen LogP contribution in [0, 0.1) is 0 Å². The monoisotopic (exact) mass is 654 g/mol. The minimum atomic E-state index is -0.643. The van der Waals surface area contributed by atoms with E-state index < -0.39 is 11.0 Å². The van der Waals surface area contributed by atoms with Gasteiger partial charge in [0, 0.05) is 42.5 Å². The van der Waals surface area contributed by atoms with Gasteiger partial charge in [0.15, 0.2) is 0 Å². The lowest BCUT2D eigenvalue weighted by Crippen LogP contribution is -2.58. The molecular weight excluding hydrogens is 604 g/mol. The predicted octanol–water partition coefficient (Wildman–Crippen LogP) is 6.85. The maximum absolute atomic E-state index is 14.8. The molecule has 3 aliphatic heterocycles. The van der Waals surface area contributed by atoms with E-state index in [1.165, 1.54) is 32.4 Å². The van der Waals surface area contributed by atoms with Gasteiger partial charge in [0.2, 0.25) is 11.8 Å². The molecule has 0 N–H and O–H groups in total. The number of amides is 2. The average molecular weight is 655 g/mol. The van der Waals surface area contributed by atoms with Crippen molar-refractivity contribution in [2.75, 3.05) is 31.1 Å². The van der Waals surface area contributed by atoms with E-state index in [0.29, 0.717) is 37.9 Å². The fourth-order valence-electron chi connectivity index (χ4n) is 8.34. The summed E-state index contributed by atoms with van der Waals surface area (Å²) >= 11 is 0. The van der Waals surface area contributed by atoms with Gasteiger partial charge in [0.25, 0.3) is 0 Å². The van der Waals surface area contributed by atoms with Crippen molar-refractivity contribution < 1.29 is 19.1 Å². The van der Waals surface area contributed by atoms with Crippen molar-refractivity contribution in [3.63, 3.8) is 0 Å². The average Bonchev–Trinajstić information content (AvgIpc) is 3.70. The van der Waals surface area contributed by atoms with E-state index in [9.17, 15) is 9.59 Å². The summed E-state index contributed by atoms with van der Waals surface area (Å²) in [6.07, 6.45) is 10.9. The number of hydrogen-bond donors (Lipinski definition) is 0. The number of fused-ring (bicyclic) bond motifs is 3. The fourth-order valence-corrected chi connectivity index (χ4v) is 8.34. The van der Waals surface area contributed by atoms with Gasteiger partial charge in [-0.3, -0.25) is 4.79 Å². The first-order valence-electron chi connectivity index (χ1n) is 18.3. The molecule has 256 valence electrons. The normalized spacial score (nSPS) is 24.3. The van der Waals surface area contributed by atoms with Gasteiger partial charge in [-0.1, -0.05) is 18.6 Å². The zero-order chi connectivity index (χ0) is 33.4. The number of pyridine rings is 1. The molecule has 0 atom stereocenters. The highest BCUT2D eigenvalue weighted by Gasteiger charge is 2.56. The molecule has 0 bridgehead atoms. The third kappa shape index (κ3) is 5.53. The Morgan fingerprint density at radius 1 is 0.979 bits per heavy atom. The Labute approximate surface area is 283 Å². The third-order valence-electron chi connectivity index (χ3n) is 11.2. The van der Waals surface area contributed by atoms with E-state index >= 15 is 0 Å². The Hall–Kier alpha value is -3.66. The van der Waals surface area contributed by atoms with E-state index in [1.807, 2.05) is 27.1 Å². The number of aromatic nitrogens is 3. The number of benzene rings is 1. The third-order valence-corrected chi connectivity index (χ3v) is 11.2. The first-order chi connectivity index (χ1) is 23.0. The number of likely N-dealkylation sites (tertiary alicyclic amines) is 2. The van der Waals surface area contributed by atoms with E-state index in [2.05, 4.69) is 52.5 Å². The van der Waals surface area contributed by atoms with Gasteiger partial charge in [0.05, 0.1) is 23.0 Å². The Morgan fingerprint density at radius 2 is 1.71 bits per heavy atom. The molecule has 2 saturated carbocycles. The Balaban J connectivity index is 1.14. The highest BCUT2D eigenvalue weighted by molar-refractivity contribution is 6.09. The van der Waals surface area contributed by atoms with Crippen molar-refractivity contribution in [2.45, 2.75) is 128 Å². The van der Waals surface area contributed by atoms with Crippen LogP contribution in [-0.4, -0.2) is 86.3 Å². The highest BCUT2D eigenvalue weighted by Crippen LogP contribution is 2.52. The van der Waals surface area contributed by atoms with Gasteiger partial charge >= 0.3 is 6.09 Å². The Morgan fingerprint density at radius 3 is 2.38 bits per heavy atom. The van der Waals surface area contributed by atoms with Crippen molar-refractivity contribution in [3.05, 3.63) is 36.2 Å². The summed E-state index contributed by atoms with van der Waals surface area (Å²) in [6, 6.07) is 9.47. The van der Waals surface area contributed by atoms with Gasteiger partial charge in [-0.25, -0.2) is 14.8 Å². The van der Waals surface area contributed by atoms with Gasteiger partial charge in [0.1, 0.15) is 17.2 Å². The number of nitrogens with zero attached hydrogens (tertiary/aromatic N) is 6. The molecule has 1 aromatic carbocycles. The van der Waals surface area contributed by atoms with Crippen molar-refractivity contribution >= 4 is 28.7 Å². The van der Waals surface area contributed by atoms with Crippen molar-refractivity contribution in [1.82, 2.24) is 24.3 Å². The molecule has 8 rings (SSSR count). The molecule has 5 heterocycles. The number of ether oxygens (including phenoxy) is 2. The topological polar surface area (TPSA) is 93.0 Å². The fraction of sp³-hybridized carbons (Fsp3) is 0.632. The molecule has 10 heteroatoms. The summed E-state index contributed by atoms with van der Waals surface area (Å²) in [5.74, 6) is 0.830. The summed E-state index contributed by atoms with van der Waals surface area (Å²) in [4.78, 5) is 44.1. The second-order valence-corrected chi connectivity index (χ2v) is 16.1. The van der Waals surface area contributed by atoms with Crippen molar-refractivity contribution in [3.8, 4) is 17.1 Å². The van der Waals surface area contributed by atoms with Crippen LogP contribution in [0.2, 0.25) is 0 Å². The second kappa shape index (κ2) is 11.7. The summed E-state index contributed by atoms with van der Waals surface area (Å²) < 4.78 is 14.2. The summed E-state index contributed by atoms with van der Waals surface area (Å²) in [7, 11) is 0. The van der Waals surface area contributed by atoms with Gasteiger partial charge in [-0.2, -0.15) is 0 Å². The van der Waals surface area contributed by atoms with Crippen LogP contribution in [-0.2, 0) is 14.9 Å². The molecule has 3 aromatic rings. The minimum Gasteiger partial charge on any atom is -0.473 e. The Bertz CT molecular complexity index is 1720. The molecule has 4 fully saturated rings. The number of anilines is 1. The molecule has 10 nitrogen and oxygen atoms in total. The zero-order valence-corrected chi connectivity index (χ0v) is 29.2. The maximum atomic E-state index is 14.8. The Kier molecular flexibility index (Phi) is 7.73. The van der Waals surface area contributed by atoms with Gasteiger partial charge in [-0.15, -0.1) is 0 Å². The molecule has 2 aliphatic carbocycles. The molecule has 0 radical (unpaired) electrons. The molecule has 2 aromatic heterocycles.